The minimum atomic E-state index is -3.57. The second-order valence-electron chi connectivity index (χ2n) is 5.23. The van der Waals surface area contributed by atoms with E-state index < -0.39 is 20.0 Å². The molecule has 0 spiro atoms. The maximum atomic E-state index is 12.1. The second kappa shape index (κ2) is 7.94. The first-order valence-electron chi connectivity index (χ1n) is 7.33. The lowest BCUT2D eigenvalue weighted by atomic mass is 10.3. The van der Waals surface area contributed by atoms with Crippen LogP contribution in [0.4, 0.5) is 5.69 Å². The smallest absolute Gasteiger partial charge is 0.240 e. The molecular weight excluding hydrogens is 324 g/mol. The van der Waals surface area contributed by atoms with Crippen molar-refractivity contribution in [3.8, 4) is 0 Å². The first-order valence-corrected chi connectivity index (χ1v) is 10.5. The molecule has 1 rings (SSSR count). The summed E-state index contributed by atoms with van der Waals surface area (Å²) in [6.07, 6.45) is 2.06. The van der Waals surface area contributed by atoms with Gasteiger partial charge in [-0.2, -0.15) is 0 Å². The average Bonchev–Trinajstić information content (AvgIpc) is 2.44. The Morgan fingerprint density at radius 1 is 1.05 bits per heavy atom. The predicted molar refractivity (Wildman–Crippen MR) is 88.8 cm³/mol. The number of nitrogens with one attached hydrogen (secondary N) is 2. The quantitative estimate of drug-likeness (QED) is 0.716. The molecule has 0 unspecified atom stereocenters. The maximum Gasteiger partial charge on any atom is 0.240 e. The molecule has 0 amide bonds. The highest BCUT2D eigenvalue weighted by Crippen LogP contribution is 2.16. The molecule has 126 valence electrons. The standard InChI is InChI=1S/C14H24N2O4S2/c1-4-6-11-21(17,18)16-13-7-9-14(10-8-13)22(19,20)15-12(3)5-2/h7-10,12,15-16H,4-6,11H2,1-3H3/t12-/m1/s1. The van der Waals surface area contributed by atoms with Gasteiger partial charge in [-0.3, -0.25) is 4.72 Å². The van der Waals surface area contributed by atoms with Crippen molar-refractivity contribution >= 4 is 25.7 Å². The van der Waals surface area contributed by atoms with Crippen molar-refractivity contribution in [1.29, 1.82) is 0 Å². The van der Waals surface area contributed by atoms with Crippen molar-refractivity contribution < 1.29 is 16.8 Å². The van der Waals surface area contributed by atoms with Crippen molar-refractivity contribution in [2.75, 3.05) is 10.5 Å². The molecule has 1 aromatic rings. The Kier molecular flexibility index (Phi) is 6.83. The van der Waals surface area contributed by atoms with Gasteiger partial charge < -0.3 is 0 Å². The molecule has 0 saturated heterocycles. The van der Waals surface area contributed by atoms with Gasteiger partial charge in [0.25, 0.3) is 0 Å². The maximum absolute atomic E-state index is 12.1. The highest BCUT2D eigenvalue weighted by Gasteiger charge is 2.17. The van der Waals surface area contributed by atoms with Crippen LogP contribution in [0.25, 0.3) is 0 Å². The molecule has 6 nitrogen and oxygen atoms in total. The molecule has 0 aromatic heterocycles. The number of unbranched alkanes of at least 4 members (excludes halogenated alkanes) is 1. The first kappa shape index (κ1) is 18.9. The van der Waals surface area contributed by atoms with Gasteiger partial charge in [0.1, 0.15) is 0 Å². The number of sulfonamides is 2. The summed E-state index contributed by atoms with van der Waals surface area (Å²) in [5, 5.41) is 0. The molecule has 0 aliphatic carbocycles. The van der Waals surface area contributed by atoms with Crippen molar-refractivity contribution in [3.63, 3.8) is 0 Å². The van der Waals surface area contributed by atoms with Crippen LogP contribution < -0.4 is 9.44 Å². The van der Waals surface area contributed by atoms with E-state index in [1.807, 2.05) is 13.8 Å². The predicted octanol–water partition coefficient (Wildman–Crippen LogP) is 2.31. The van der Waals surface area contributed by atoms with Crippen LogP contribution in [0.3, 0.4) is 0 Å². The van der Waals surface area contributed by atoms with E-state index in [9.17, 15) is 16.8 Å². The Hall–Kier alpha value is -1.12. The van der Waals surface area contributed by atoms with Crippen LogP contribution in [0.15, 0.2) is 29.2 Å². The van der Waals surface area contributed by atoms with E-state index in [0.29, 0.717) is 18.5 Å². The molecule has 1 aromatic carbocycles. The van der Waals surface area contributed by atoms with E-state index in [4.69, 9.17) is 0 Å². The van der Waals surface area contributed by atoms with E-state index in [1.165, 1.54) is 24.3 Å². The molecule has 0 radical (unpaired) electrons. The molecule has 0 heterocycles. The SMILES string of the molecule is CCCCS(=O)(=O)Nc1ccc(S(=O)(=O)N[C@H](C)CC)cc1. The van der Waals surface area contributed by atoms with Crippen LogP contribution in [0.5, 0.6) is 0 Å². The average molecular weight is 348 g/mol. The van der Waals surface area contributed by atoms with Gasteiger partial charge in [0, 0.05) is 11.7 Å². The summed E-state index contributed by atoms with van der Waals surface area (Å²) >= 11 is 0. The molecular formula is C14H24N2O4S2. The van der Waals surface area contributed by atoms with E-state index in [-0.39, 0.29) is 16.7 Å². The van der Waals surface area contributed by atoms with Crippen LogP contribution in [0.2, 0.25) is 0 Å². The van der Waals surface area contributed by atoms with Gasteiger partial charge in [0.15, 0.2) is 0 Å². The zero-order chi connectivity index (χ0) is 16.8. The largest absolute Gasteiger partial charge is 0.284 e. The molecule has 0 aliphatic rings. The normalized spacial score (nSPS) is 13.8. The molecule has 1 atom stereocenters. The Labute approximate surface area is 133 Å². The van der Waals surface area contributed by atoms with E-state index in [1.54, 1.807) is 6.92 Å². The lowest BCUT2D eigenvalue weighted by molar-refractivity contribution is 0.556. The second-order valence-corrected chi connectivity index (χ2v) is 8.79. The van der Waals surface area contributed by atoms with Gasteiger partial charge in [0.05, 0.1) is 10.6 Å². The number of rotatable bonds is 9. The van der Waals surface area contributed by atoms with E-state index in [0.717, 1.165) is 6.42 Å². The fourth-order valence-corrected chi connectivity index (χ4v) is 4.28. The van der Waals surface area contributed by atoms with Gasteiger partial charge in [-0.05, 0) is 44.0 Å². The highest BCUT2D eigenvalue weighted by atomic mass is 32.2. The Morgan fingerprint density at radius 3 is 2.14 bits per heavy atom. The number of hydrogen-bond acceptors (Lipinski definition) is 4. The van der Waals surface area contributed by atoms with Gasteiger partial charge in [-0.25, -0.2) is 21.6 Å². The van der Waals surface area contributed by atoms with Crippen molar-refractivity contribution in [1.82, 2.24) is 4.72 Å². The van der Waals surface area contributed by atoms with Gasteiger partial charge in [-0.1, -0.05) is 20.3 Å². The molecule has 0 saturated carbocycles. The topological polar surface area (TPSA) is 92.3 Å². The Balaban J connectivity index is 2.83. The van der Waals surface area contributed by atoms with Crippen LogP contribution in [-0.4, -0.2) is 28.6 Å². The van der Waals surface area contributed by atoms with Crippen LogP contribution in [0, 0.1) is 0 Å². The lowest BCUT2D eigenvalue weighted by Crippen LogP contribution is -2.31. The van der Waals surface area contributed by atoms with Crippen molar-refractivity contribution in [3.05, 3.63) is 24.3 Å². The fourth-order valence-electron chi connectivity index (χ4n) is 1.68. The van der Waals surface area contributed by atoms with Crippen molar-refractivity contribution in [2.24, 2.45) is 0 Å². The van der Waals surface area contributed by atoms with Crippen LogP contribution in [0.1, 0.15) is 40.0 Å². The van der Waals surface area contributed by atoms with Crippen molar-refractivity contribution in [2.45, 2.75) is 51.0 Å². The Morgan fingerprint density at radius 2 is 1.64 bits per heavy atom. The number of anilines is 1. The zero-order valence-corrected chi connectivity index (χ0v) is 14.8. The van der Waals surface area contributed by atoms with Gasteiger partial charge in [0.2, 0.25) is 20.0 Å². The van der Waals surface area contributed by atoms with Gasteiger partial charge in [-0.15, -0.1) is 0 Å². The monoisotopic (exact) mass is 348 g/mol. The molecule has 0 fully saturated rings. The van der Waals surface area contributed by atoms with E-state index in [2.05, 4.69) is 9.44 Å². The van der Waals surface area contributed by atoms with E-state index >= 15 is 0 Å². The molecule has 0 bridgehead atoms. The summed E-state index contributed by atoms with van der Waals surface area (Å²) in [5.74, 6) is 0.0547. The summed E-state index contributed by atoms with van der Waals surface area (Å²) in [6, 6.07) is 5.53. The summed E-state index contributed by atoms with van der Waals surface area (Å²) in [7, 11) is -6.96. The first-order chi connectivity index (χ1) is 10.2. The molecule has 8 heteroatoms. The summed E-state index contributed by atoms with van der Waals surface area (Å²) in [6.45, 7) is 5.59. The van der Waals surface area contributed by atoms with Gasteiger partial charge >= 0.3 is 0 Å². The molecule has 0 aliphatic heterocycles. The van der Waals surface area contributed by atoms with Crippen LogP contribution >= 0.6 is 0 Å². The minimum Gasteiger partial charge on any atom is -0.284 e. The zero-order valence-electron chi connectivity index (χ0n) is 13.2. The van der Waals surface area contributed by atoms with Crippen LogP contribution in [-0.2, 0) is 20.0 Å². The summed E-state index contributed by atoms with van der Waals surface area (Å²) < 4.78 is 52.7. The highest BCUT2D eigenvalue weighted by molar-refractivity contribution is 7.92. The Bertz CT molecular complexity index is 667. The molecule has 2 N–H and O–H groups in total. The minimum absolute atomic E-state index is 0.0547. The summed E-state index contributed by atoms with van der Waals surface area (Å²) in [4.78, 5) is 0.115. The summed E-state index contributed by atoms with van der Waals surface area (Å²) in [5.41, 5.74) is 0.360. The third kappa shape index (κ3) is 5.94. The fraction of sp³-hybridized carbons (Fsp3) is 0.571. The molecule has 22 heavy (non-hydrogen) atoms. The lowest BCUT2D eigenvalue weighted by Gasteiger charge is -2.13. The number of hydrogen-bond donors (Lipinski definition) is 2. The third-order valence-corrected chi connectivity index (χ3v) is 6.15. The number of benzene rings is 1. The third-order valence-electron chi connectivity index (χ3n) is 3.17.